The van der Waals surface area contributed by atoms with Crippen LogP contribution in [-0.2, 0) is 9.47 Å². The van der Waals surface area contributed by atoms with Gasteiger partial charge in [0.1, 0.15) is 0 Å². The second kappa shape index (κ2) is 9.73. The molecule has 0 spiro atoms. The largest absolute Gasteiger partial charge is 0.382 e. The standard InChI is InChI=1S/C14H30N2O2/c1-15-13-5-7-14(8-6-13)16(2)9-4-10-18-12-11-17-3/h13-15H,4-12H2,1-3H3. The van der Waals surface area contributed by atoms with E-state index in [0.717, 1.165) is 31.7 Å². The van der Waals surface area contributed by atoms with Gasteiger partial charge >= 0.3 is 0 Å². The van der Waals surface area contributed by atoms with Gasteiger partial charge in [0.05, 0.1) is 13.2 Å². The fourth-order valence-corrected chi connectivity index (χ4v) is 2.65. The summed E-state index contributed by atoms with van der Waals surface area (Å²) in [5.41, 5.74) is 0. The third-order valence-electron chi connectivity index (χ3n) is 3.96. The van der Waals surface area contributed by atoms with Crippen molar-refractivity contribution in [2.45, 2.75) is 44.2 Å². The second-order valence-electron chi connectivity index (χ2n) is 5.23. The van der Waals surface area contributed by atoms with Gasteiger partial charge in [0.15, 0.2) is 0 Å². The molecule has 18 heavy (non-hydrogen) atoms. The average Bonchev–Trinajstić information content (AvgIpc) is 2.42. The smallest absolute Gasteiger partial charge is 0.0700 e. The summed E-state index contributed by atoms with van der Waals surface area (Å²) in [7, 11) is 6.03. The van der Waals surface area contributed by atoms with Crippen LogP contribution < -0.4 is 5.32 Å². The van der Waals surface area contributed by atoms with Gasteiger partial charge in [0, 0.05) is 32.3 Å². The van der Waals surface area contributed by atoms with E-state index in [-0.39, 0.29) is 0 Å². The van der Waals surface area contributed by atoms with E-state index in [1.165, 1.54) is 25.7 Å². The van der Waals surface area contributed by atoms with Crippen LogP contribution in [0.25, 0.3) is 0 Å². The van der Waals surface area contributed by atoms with Gasteiger partial charge in [0.25, 0.3) is 0 Å². The summed E-state index contributed by atoms with van der Waals surface area (Å²) in [5, 5.41) is 3.38. The molecule has 1 rings (SSSR count). The first-order chi connectivity index (χ1) is 8.77. The number of methoxy groups -OCH3 is 1. The molecule has 1 N–H and O–H groups in total. The summed E-state index contributed by atoms with van der Waals surface area (Å²) in [5.74, 6) is 0. The maximum atomic E-state index is 5.48. The molecular weight excluding hydrogens is 228 g/mol. The summed E-state index contributed by atoms with van der Waals surface area (Å²) < 4.78 is 10.4. The molecule has 0 bridgehead atoms. The topological polar surface area (TPSA) is 33.7 Å². The van der Waals surface area contributed by atoms with Crippen molar-refractivity contribution in [3.63, 3.8) is 0 Å². The van der Waals surface area contributed by atoms with Gasteiger partial charge < -0.3 is 19.7 Å². The Hall–Kier alpha value is -0.160. The predicted molar refractivity (Wildman–Crippen MR) is 75.0 cm³/mol. The van der Waals surface area contributed by atoms with Crippen molar-refractivity contribution in [2.24, 2.45) is 0 Å². The zero-order valence-electron chi connectivity index (χ0n) is 12.3. The van der Waals surface area contributed by atoms with Crippen LogP contribution in [0.3, 0.4) is 0 Å². The highest BCUT2D eigenvalue weighted by molar-refractivity contribution is 4.80. The summed E-state index contributed by atoms with van der Waals surface area (Å²) in [6, 6.07) is 1.51. The van der Waals surface area contributed by atoms with Gasteiger partial charge in [-0.15, -0.1) is 0 Å². The van der Waals surface area contributed by atoms with Crippen LogP contribution in [-0.4, -0.2) is 64.6 Å². The number of nitrogens with one attached hydrogen (secondary N) is 1. The lowest BCUT2D eigenvalue weighted by Gasteiger charge is -2.34. The molecule has 0 unspecified atom stereocenters. The van der Waals surface area contributed by atoms with E-state index in [2.05, 4.69) is 24.3 Å². The summed E-state index contributed by atoms with van der Waals surface area (Å²) in [6.07, 6.45) is 6.40. The highest BCUT2D eigenvalue weighted by Gasteiger charge is 2.22. The molecule has 0 aliphatic heterocycles. The molecule has 0 atom stereocenters. The number of rotatable bonds is 9. The molecule has 1 aliphatic rings. The van der Waals surface area contributed by atoms with Crippen molar-refractivity contribution in [3.8, 4) is 0 Å². The van der Waals surface area contributed by atoms with Gasteiger partial charge in [-0.3, -0.25) is 0 Å². The highest BCUT2D eigenvalue weighted by atomic mass is 16.5. The second-order valence-corrected chi connectivity index (χ2v) is 5.23. The van der Waals surface area contributed by atoms with Crippen LogP contribution in [0.4, 0.5) is 0 Å². The van der Waals surface area contributed by atoms with E-state index >= 15 is 0 Å². The van der Waals surface area contributed by atoms with Crippen molar-refractivity contribution < 1.29 is 9.47 Å². The SMILES string of the molecule is CNC1CCC(N(C)CCCOCCOC)CC1. The Labute approximate surface area is 112 Å². The van der Waals surface area contributed by atoms with Crippen LogP contribution in [0.1, 0.15) is 32.1 Å². The van der Waals surface area contributed by atoms with Crippen LogP contribution in [0.5, 0.6) is 0 Å². The summed E-state index contributed by atoms with van der Waals surface area (Å²) >= 11 is 0. The molecule has 108 valence electrons. The highest BCUT2D eigenvalue weighted by Crippen LogP contribution is 2.22. The minimum atomic E-state index is 0.698. The van der Waals surface area contributed by atoms with Crippen molar-refractivity contribution in [3.05, 3.63) is 0 Å². The lowest BCUT2D eigenvalue weighted by atomic mass is 9.90. The van der Waals surface area contributed by atoms with Crippen molar-refractivity contribution in [2.75, 3.05) is 47.6 Å². The van der Waals surface area contributed by atoms with Crippen LogP contribution in [0.15, 0.2) is 0 Å². The van der Waals surface area contributed by atoms with Gasteiger partial charge in [-0.2, -0.15) is 0 Å². The third-order valence-corrected chi connectivity index (χ3v) is 3.96. The maximum absolute atomic E-state index is 5.48. The number of ether oxygens (including phenoxy) is 2. The van der Waals surface area contributed by atoms with E-state index in [4.69, 9.17) is 9.47 Å². The third kappa shape index (κ3) is 6.14. The lowest BCUT2D eigenvalue weighted by molar-refractivity contribution is 0.0629. The zero-order valence-corrected chi connectivity index (χ0v) is 12.3. The summed E-state index contributed by atoms with van der Waals surface area (Å²) in [4.78, 5) is 2.51. The molecule has 0 heterocycles. The lowest BCUT2D eigenvalue weighted by Crippen LogP contribution is -2.40. The molecule has 0 aromatic carbocycles. The zero-order chi connectivity index (χ0) is 13.2. The molecule has 0 aromatic rings. The molecular formula is C14H30N2O2. The molecule has 1 saturated carbocycles. The molecule has 4 nitrogen and oxygen atoms in total. The molecule has 1 aliphatic carbocycles. The van der Waals surface area contributed by atoms with Gasteiger partial charge in [-0.05, 0) is 46.2 Å². The van der Waals surface area contributed by atoms with E-state index in [0.29, 0.717) is 13.2 Å². The van der Waals surface area contributed by atoms with Gasteiger partial charge in [-0.1, -0.05) is 0 Å². The van der Waals surface area contributed by atoms with Crippen LogP contribution >= 0.6 is 0 Å². The first kappa shape index (κ1) is 15.9. The summed E-state index contributed by atoms with van der Waals surface area (Å²) in [6.45, 7) is 3.40. The van der Waals surface area contributed by atoms with Crippen molar-refractivity contribution >= 4 is 0 Å². The quantitative estimate of drug-likeness (QED) is 0.636. The number of hydrogen-bond donors (Lipinski definition) is 1. The molecule has 0 saturated heterocycles. The Balaban J connectivity index is 2.01. The Bertz CT molecular complexity index is 194. The Kier molecular flexibility index (Phi) is 8.59. The fraction of sp³-hybridized carbons (Fsp3) is 1.00. The molecule has 0 aromatic heterocycles. The van der Waals surface area contributed by atoms with E-state index in [9.17, 15) is 0 Å². The van der Waals surface area contributed by atoms with Gasteiger partial charge in [0.2, 0.25) is 0 Å². The molecule has 0 radical (unpaired) electrons. The number of nitrogens with zero attached hydrogens (tertiary/aromatic N) is 1. The fourth-order valence-electron chi connectivity index (χ4n) is 2.65. The first-order valence-corrected chi connectivity index (χ1v) is 7.22. The Morgan fingerprint density at radius 3 is 2.44 bits per heavy atom. The van der Waals surface area contributed by atoms with Crippen LogP contribution in [0.2, 0.25) is 0 Å². The van der Waals surface area contributed by atoms with E-state index in [1.807, 2.05) is 0 Å². The normalized spacial score (nSPS) is 24.7. The van der Waals surface area contributed by atoms with Gasteiger partial charge in [-0.25, -0.2) is 0 Å². The molecule has 1 fully saturated rings. The Morgan fingerprint density at radius 1 is 1.11 bits per heavy atom. The monoisotopic (exact) mass is 258 g/mol. The van der Waals surface area contributed by atoms with Crippen molar-refractivity contribution in [1.82, 2.24) is 10.2 Å². The van der Waals surface area contributed by atoms with Crippen LogP contribution in [0, 0.1) is 0 Å². The van der Waals surface area contributed by atoms with E-state index < -0.39 is 0 Å². The van der Waals surface area contributed by atoms with E-state index in [1.54, 1.807) is 7.11 Å². The Morgan fingerprint density at radius 2 is 1.83 bits per heavy atom. The predicted octanol–water partition coefficient (Wildman–Crippen LogP) is 1.50. The minimum absolute atomic E-state index is 0.698. The first-order valence-electron chi connectivity index (χ1n) is 7.22. The minimum Gasteiger partial charge on any atom is -0.382 e. The maximum Gasteiger partial charge on any atom is 0.0700 e. The molecule has 4 heteroatoms. The number of hydrogen-bond acceptors (Lipinski definition) is 4. The van der Waals surface area contributed by atoms with Crippen molar-refractivity contribution in [1.29, 1.82) is 0 Å². The average molecular weight is 258 g/mol. The molecule has 0 amide bonds.